The van der Waals surface area contributed by atoms with Crippen molar-refractivity contribution in [2.24, 2.45) is 17.8 Å². The second kappa shape index (κ2) is 5.86. The molecule has 0 aromatic heterocycles. The Hall–Kier alpha value is -0.0800. The normalized spacial score (nSPS) is 26.2. The highest BCUT2D eigenvalue weighted by Gasteiger charge is 2.33. The first-order valence-corrected chi connectivity index (χ1v) is 6.73. The van der Waals surface area contributed by atoms with E-state index in [0.29, 0.717) is 6.61 Å². The Morgan fingerprint density at radius 1 is 1.07 bits per heavy atom. The molecule has 15 heavy (non-hydrogen) atoms. The van der Waals surface area contributed by atoms with E-state index in [1.165, 1.54) is 51.6 Å². The standard InChI is InChI=1S/C13H25NO/c15-10-2-5-13(11-3-1-4-11)12-6-8-14-9-7-12/h11-15H,1-10H2. The molecule has 0 bridgehead atoms. The van der Waals surface area contributed by atoms with Gasteiger partial charge in [-0.15, -0.1) is 0 Å². The molecular formula is C13H25NO. The van der Waals surface area contributed by atoms with Crippen LogP contribution in [-0.2, 0) is 0 Å². The van der Waals surface area contributed by atoms with Crippen LogP contribution in [0.15, 0.2) is 0 Å². The van der Waals surface area contributed by atoms with E-state index in [-0.39, 0.29) is 0 Å². The van der Waals surface area contributed by atoms with Crippen molar-refractivity contribution in [3.8, 4) is 0 Å². The van der Waals surface area contributed by atoms with Gasteiger partial charge in [0.05, 0.1) is 0 Å². The molecule has 1 saturated carbocycles. The van der Waals surface area contributed by atoms with Crippen molar-refractivity contribution in [3.05, 3.63) is 0 Å². The Labute approximate surface area is 93.5 Å². The lowest BCUT2D eigenvalue weighted by Crippen LogP contribution is -2.36. The van der Waals surface area contributed by atoms with Gasteiger partial charge in [-0.3, -0.25) is 0 Å². The summed E-state index contributed by atoms with van der Waals surface area (Å²) in [5, 5.41) is 12.4. The second-order valence-corrected chi connectivity index (χ2v) is 5.31. The molecule has 1 unspecified atom stereocenters. The molecule has 0 aromatic rings. The van der Waals surface area contributed by atoms with Crippen molar-refractivity contribution in [3.63, 3.8) is 0 Å². The zero-order valence-corrected chi connectivity index (χ0v) is 9.75. The molecule has 2 fully saturated rings. The first kappa shape index (κ1) is 11.4. The third kappa shape index (κ3) is 2.94. The molecule has 2 aliphatic rings. The fourth-order valence-corrected chi connectivity index (χ4v) is 3.32. The van der Waals surface area contributed by atoms with E-state index in [1.807, 2.05) is 0 Å². The summed E-state index contributed by atoms with van der Waals surface area (Å²) >= 11 is 0. The molecule has 1 aliphatic heterocycles. The van der Waals surface area contributed by atoms with Gasteiger partial charge in [0.15, 0.2) is 0 Å². The Kier molecular flexibility index (Phi) is 4.45. The van der Waals surface area contributed by atoms with Crippen molar-refractivity contribution < 1.29 is 5.11 Å². The molecule has 2 rings (SSSR count). The molecule has 0 aromatic carbocycles. The van der Waals surface area contributed by atoms with Gasteiger partial charge in [-0.2, -0.15) is 0 Å². The molecule has 0 radical (unpaired) electrons. The van der Waals surface area contributed by atoms with Crippen LogP contribution in [0.2, 0.25) is 0 Å². The molecule has 2 nitrogen and oxygen atoms in total. The summed E-state index contributed by atoms with van der Waals surface area (Å²) in [7, 11) is 0. The molecule has 2 N–H and O–H groups in total. The molecular weight excluding hydrogens is 186 g/mol. The maximum atomic E-state index is 8.97. The SMILES string of the molecule is OCCCC(C1CCC1)C1CCNCC1. The summed E-state index contributed by atoms with van der Waals surface area (Å²) in [6.07, 6.45) is 9.39. The molecule has 1 aliphatic carbocycles. The first-order valence-electron chi connectivity index (χ1n) is 6.73. The first-order chi connectivity index (χ1) is 7.42. The van der Waals surface area contributed by atoms with Gasteiger partial charge in [0.2, 0.25) is 0 Å². The molecule has 88 valence electrons. The number of hydrogen-bond acceptors (Lipinski definition) is 2. The lowest BCUT2D eigenvalue weighted by Gasteiger charge is -2.40. The fraction of sp³-hybridized carbons (Fsp3) is 1.00. The van der Waals surface area contributed by atoms with Gasteiger partial charge >= 0.3 is 0 Å². The number of aliphatic hydroxyl groups excluding tert-OH is 1. The number of rotatable bonds is 5. The van der Waals surface area contributed by atoms with Crippen LogP contribution >= 0.6 is 0 Å². The fourth-order valence-electron chi connectivity index (χ4n) is 3.32. The highest BCUT2D eigenvalue weighted by molar-refractivity contribution is 4.84. The topological polar surface area (TPSA) is 32.3 Å². The minimum atomic E-state index is 0.383. The van der Waals surface area contributed by atoms with Gasteiger partial charge in [0.25, 0.3) is 0 Å². The molecule has 2 heteroatoms. The van der Waals surface area contributed by atoms with Gasteiger partial charge in [-0.25, -0.2) is 0 Å². The highest BCUT2D eigenvalue weighted by atomic mass is 16.2. The summed E-state index contributed by atoms with van der Waals surface area (Å²) < 4.78 is 0. The summed E-state index contributed by atoms with van der Waals surface area (Å²) in [5.41, 5.74) is 0. The number of piperidine rings is 1. The molecule has 1 heterocycles. The van der Waals surface area contributed by atoms with Gasteiger partial charge in [-0.05, 0) is 56.5 Å². The largest absolute Gasteiger partial charge is 0.396 e. The molecule has 0 spiro atoms. The van der Waals surface area contributed by atoms with E-state index in [9.17, 15) is 0 Å². The van der Waals surface area contributed by atoms with Crippen LogP contribution < -0.4 is 5.32 Å². The Bertz CT molecular complexity index is 173. The summed E-state index contributed by atoms with van der Waals surface area (Å²) in [4.78, 5) is 0. The highest BCUT2D eigenvalue weighted by Crippen LogP contribution is 2.42. The molecule has 1 saturated heterocycles. The summed E-state index contributed by atoms with van der Waals surface area (Å²) in [6.45, 7) is 2.81. The second-order valence-electron chi connectivity index (χ2n) is 5.31. The van der Waals surface area contributed by atoms with Crippen LogP contribution in [0.1, 0.15) is 44.9 Å². The van der Waals surface area contributed by atoms with E-state index >= 15 is 0 Å². The zero-order valence-electron chi connectivity index (χ0n) is 9.75. The van der Waals surface area contributed by atoms with Crippen LogP contribution in [0.5, 0.6) is 0 Å². The van der Waals surface area contributed by atoms with Crippen molar-refractivity contribution in [2.45, 2.75) is 44.9 Å². The average molecular weight is 211 g/mol. The van der Waals surface area contributed by atoms with E-state index < -0.39 is 0 Å². The van der Waals surface area contributed by atoms with Gasteiger partial charge in [-0.1, -0.05) is 19.3 Å². The van der Waals surface area contributed by atoms with Crippen LogP contribution in [0, 0.1) is 17.8 Å². The molecule has 0 amide bonds. The van der Waals surface area contributed by atoms with Crippen LogP contribution in [0.4, 0.5) is 0 Å². The third-order valence-corrected chi connectivity index (χ3v) is 4.44. The van der Waals surface area contributed by atoms with Gasteiger partial charge in [0.1, 0.15) is 0 Å². The summed E-state index contributed by atoms with van der Waals surface area (Å²) in [5.74, 6) is 2.87. The lowest BCUT2D eigenvalue weighted by atomic mass is 9.67. The van der Waals surface area contributed by atoms with Crippen molar-refractivity contribution in [1.82, 2.24) is 5.32 Å². The smallest absolute Gasteiger partial charge is 0.0431 e. The van der Waals surface area contributed by atoms with Gasteiger partial charge < -0.3 is 10.4 Å². The predicted molar refractivity (Wildman–Crippen MR) is 62.7 cm³/mol. The maximum Gasteiger partial charge on any atom is 0.0431 e. The monoisotopic (exact) mass is 211 g/mol. The van der Waals surface area contributed by atoms with Crippen molar-refractivity contribution in [2.75, 3.05) is 19.7 Å². The zero-order chi connectivity index (χ0) is 10.5. The number of nitrogens with one attached hydrogen (secondary N) is 1. The Balaban J connectivity index is 1.84. The lowest BCUT2D eigenvalue weighted by molar-refractivity contribution is 0.104. The Morgan fingerprint density at radius 3 is 2.27 bits per heavy atom. The number of aliphatic hydroxyl groups is 1. The van der Waals surface area contributed by atoms with Crippen molar-refractivity contribution in [1.29, 1.82) is 0 Å². The van der Waals surface area contributed by atoms with E-state index in [1.54, 1.807) is 0 Å². The summed E-state index contributed by atoms with van der Waals surface area (Å²) in [6, 6.07) is 0. The molecule has 1 atom stereocenters. The minimum Gasteiger partial charge on any atom is -0.396 e. The number of hydrogen-bond donors (Lipinski definition) is 2. The van der Waals surface area contributed by atoms with Crippen molar-refractivity contribution >= 4 is 0 Å². The van der Waals surface area contributed by atoms with Crippen LogP contribution in [0.3, 0.4) is 0 Å². The van der Waals surface area contributed by atoms with Crippen LogP contribution in [-0.4, -0.2) is 24.8 Å². The van der Waals surface area contributed by atoms with Gasteiger partial charge in [0, 0.05) is 6.61 Å². The average Bonchev–Trinajstić information content (AvgIpc) is 2.22. The van der Waals surface area contributed by atoms with E-state index in [4.69, 9.17) is 5.11 Å². The minimum absolute atomic E-state index is 0.383. The predicted octanol–water partition coefficient (Wildman–Crippen LogP) is 2.17. The van der Waals surface area contributed by atoms with E-state index in [0.717, 1.165) is 24.2 Å². The maximum absolute atomic E-state index is 8.97. The third-order valence-electron chi connectivity index (χ3n) is 4.44. The quantitative estimate of drug-likeness (QED) is 0.730. The van der Waals surface area contributed by atoms with E-state index in [2.05, 4.69) is 5.32 Å². The van der Waals surface area contributed by atoms with Crippen LogP contribution in [0.25, 0.3) is 0 Å². The Morgan fingerprint density at radius 2 is 1.73 bits per heavy atom.